The van der Waals surface area contributed by atoms with E-state index in [0.717, 1.165) is 24.9 Å². The summed E-state index contributed by atoms with van der Waals surface area (Å²) in [5, 5.41) is 9.68. The van der Waals surface area contributed by atoms with Crippen molar-refractivity contribution in [1.29, 1.82) is 0 Å². The highest BCUT2D eigenvalue weighted by atomic mass is 16.5. The molecule has 0 aliphatic heterocycles. The maximum absolute atomic E-state index is 9.68. The molecule has 1 atom stereocenters. The third kappa shape index (κ3) is 30.7. The van der Waals surface area contributed by atoms with Gasteiger partial charge in [-0.3, -0.25) is 0 Å². The minimum atomic E-state index is 0.297. The van der Waals surface area contributed by atoms with E-state index in [9.17, 15) is 5.11 Å². The van der Waals surface area contributed by atoms with Crippen LogP contribution in [0.5, 0.6) is 0 Å². The third-order valence-corrected chi connectivity index (χ3v) is 12.2. The lowest BCUT2D eigenvalue weighted by molar-refractivity contribution is 0.0873. The van der Waals surface area contributed by atoms with Gasteiger partial charge in [-0.25, -0.2) is 0 Å². The summed E-state index contributed by atoms with van der Waals surface area (Å²) in [5.41, 5.74) is 1.64. The summed E-state index contributed by atoms with van der Waals surface area (Å²) in [6.45, 7) is 15.3. The summed E-state index contributed by atoms with van der Waals surface area (Å²) in [6.07, 6.45) is 48.1. The second kappa shape index (κ2) is 37.4. The molecule has 0 radical (unpaired) electrons. The number of hydrogen-bond acceptors (Lipinski definition) is 3. The van der Waals surface area contributed by atoms with Gasteiger partial charge in [0.1, 0.15) is 0 Å². The molecular weight excluding hydrogens is 635 g/mol. The van der Waals surface area contributed by atoms with Crippen LogP contribution in [0.25, 0.3) is 0 Å². The maximum atomic E-state index is 9.68. The molecule has 1 N–H and O–H groups in total. The molecule has 0 aromatic heterocycles. The van der Waals surface area contributed by atoms with Crippen LogP contribution in [0.2, 0.25) is 0 Å². The summed E-state index contributed by atoms with van der Waals surface area (Å²) < 4.78 is 6.88. The molecule has 0 aromatic carbocycles. The maximum Gasteiger partial charge on any atom is 0.0982 e. The third-order valence-electron chi connectivity index (χ3n) is 12.2. The molecule has 0 saturated heterocycles. The van der Waals surface area contributed by atoms with Crippen LogP contribution >= 0.6 is 0 Å². The number of unbranched alkanes of at least 4 members (excludes halogenated alkanes) is 23. The average molecular weight is 732 g/mol. The number of hydrogen-bond donors (Lipinski definition) is 1. The van der Waals surface area contributed by atoms with Gasteiger partial charge < -0.3 is 14.7 Å². The van der Waals surface area contributed by atoms with Crippen LogP contribution in [0.4, 0.5) is 0 Å². The fraction of sp³-hybridized carbons (Fsp3) is 0.959. The van der Waals surface area contributed by atoms with Crippen molar-refractivity contribution in [2.24, 2.45) is 11.8 Å². The molecule has 0 amide bonds. The Labute approximate surface area is 328 Å². The Kier molecular flexibility index (Phi) is 35.6. The quantitative estimate of drug-likeness (QED) is 0.0501. The van der Waals surface area contributed by atoms with Crippen molar-refractivity contribution < 1.29 is 9.84 Å². The molecule has 1 unspecified atom stereocenters. The van der Waals surface area contributed by atoms with Crippen LogP contribution in [0.1, 0.15) is 259 Å². The van der Waals surface area contributed by atoms with Crippen molar-refractivity contribution in [2.75, 3.05) is 26.2 Å². The molecule has 310 valence electrons. The molecule has 1 rings (SSSR count). The zero-order valence-corrected chi connectivity index (χ0v) is 36.6. The van der Waals surface area contributed by atoms with Crippen molar-refractivity contribution >= 4 is 0 Å². The first kappa shape index (κ1) is 49.5. The van der Waals surface area contributed by atoms with E-state index in [4.69, 9.17) is 4.74 Å². The van der Waals surface area contributed by atoms with Gasteiger partial charge in [0, 0.05) is 13.0 Å². The summed E-state index contributed by atoms with van der Waals surface area (Å²) in [4.78, 5) is 2.53. The number of ether oxygens (including phenoxy) is 1. The van der Waals surface area contributed by atoms with Crippen LogP contribution in [-0.2, 0) is 4.74 Å². The standard InChI is InChI=1S/C49H97NO2/c1-6-9-12-15-20-27-34-46(45(4)5)35-28-21-18-25-32-41-50(43-44-51)42-33-26-19-24-31-38-49(47-39-40-47)52-48(36-29-22-16-13-10-7-2)37-30-23-17-14-11-8-3/h45-46,48,51H,6-44H2,1-5H3. The summed E-state index contributed by atoms with van der Waals surface area (Å²) in [6, 6.07) is 0. The Morgan fingerprint density at radius 2 is 0.885 bits per heavy atom. The summed E-state index contributed by atoms with van der Waals surface area (Å²) in [7, 11) is 0. The van der Waals surface area contributed by atoms with E-state index >= 15 is 0 Å². The highest BCUT2D eigenvalue weighted by Crippen LogP contribution is 2.36. The van der Waals surface area contributed by atoms with Gasteiger partial charge in [-0.05, 0) is 88.3 Å². The van der Waals surface area contributed by atoms with Crippen LogP contribution in [-0.4, -0.2) is 42.4 Å². The fourth-order valence-corrected chi connectivity index (χ4v) is 8.33. The van der Waals surface area contributed by atoms with E-state index < -0.39 is 0 Å². The number of allylic oxidation sites excluding steroid dienone is 2. The lowest BCUT2D eigenvalue weighted by atomic mass is 9.85. The summed E-state index contributed by atoms with van der Waals surface area (Å²) >= 11 is 0. The average Bonchev–Trinajstić information content (AvgIpc) is 3.99. The molecule has 0 bridgehead atoms. The predicted octanol–water partition coefficient (Wildman–Crippen LogP) is 15.9. The normalized spacial score (nSPS) is 13.6. The smallest absolute Gasteiger partial charge is 0.0982 e. The van der Waals surface area contributed by atoms with Gasteiger partial charge in [0.2, 0.25) is 0 Å². The van der Waals surface area contributed by atoms with Gasteiger partial charge in [-0.1, -0.05) is 195 Å². The molecule has 0 aromatic rings. The van der Waals surface area contributed by atoms with Crippen molar-refractivity contribution in [2.45, 2.75) is 265 Å². The Bertz CT molecular complexity index is 740. The molecule has 3 nitrogen and oxygen atoms in total. The molecule has 3 heteroatoms. The molecule has 1 aliphatic rings. The van der Waals surface area contributed by atoms with E-state index in [0.29, 0.717) is 12.7 Å². The van der Waals surface area contributed by atoms with E-state index in [-0.39, 0.29) is 0 Å². The monoisotopic (exact) mass is 732 g/mol. The number of aliphatic hydroxyl groups excluding tert-OH is 1. The Hall–Kier alpha value is -0.540. The van der Waals surface area contributed by atoms with Crippen LogP contribution in [0.15, 0.2) is 11.3 Å². The molecule has 0 heterocycles. The zero-order valence-electron chi connectivity index (χ0n) is 36.6. The first-order chi connectivity index (χ1) is 25.5. The second-order valence-corrected chi connectivity index (χ2v) is 17.6. The second-order valence-electron chi connectivity index (χ2n) is 17.6. The van der Waals surface area contributed by atoms with E-state index in [1.54, 1.807) is 5.57 Å². The fourth-order valence-electron chi connectivity index (χ4n) is 8.33. The van der Waals surface area contributed by atoms with Crippen LogP contribution in [0, 0.1) is 11.8 Å². The van der Waals surface area contributed by atoms with E-state index in [2.05, 4.69) is 39.5 Å². The Morgan fingerprint density at radius 3 is 1.29 bits per heavy atom. The van der Waals surface area contributed by atoms with Gasteiger partial charge in [0.15, 0.2) is 0 Å². The number of nitrogens with zero attached hydrogens (tertiary/aromatic N) is 1. The first-order valence-electron chi connectivity index (χ1n) is 24.3. The Morgan fingerprint density at radius 1 is 0.500 bits per heavy atom. The Balaban J connectivity index is 2.23. The van der Waals surface area contributed by atoms with E-state index in [1.165, 1.54) is 237 Å². The molecule has 52 heavy (non-hydrogen) atoms. The molecule has 1 aliphatic carbocycles. The largest absolute Gasteiger partial charge is 0.495 e. The van der Waals surface area contributed by atoms with Crippen molar-refractivity contribution in [1.82, 2.24) is 4.90 Å². The van der Waals surface area contributed by atoms with Crippen LogP contribution in [0.3, 0.4) is 0 Å². The minimum Gasteiger partial charge on any atom is -0.495 e. The van der Waals surface area contributed by atoms with Gasteiger partial charge >= 0.3 is 0 Å². The highest BCUT2D eigenvalue weighted by molar-refractivity contribution is 5.21. The van der Waals surface area contributed by atoms with Gasteiger partial charge in [-0.15, -0.1) is 0 Å². The van der Waals surface area contributed by atoms with Gasteiger partial charge in [-0.2, -0.15) is 0 Å². The van der Waals surface area contributed by atoms with Crippen molar-refractivity contribution in [3.05, 3.63) is 11.3 Å². The van der Waals surface area contributed by atoms with Gasteiger partial charge in [0.05, 0.1) is 18.5 Å². The zero-order chi connectivity index (χ0) is 37.7. The molecular formula is C49H97NO2. The first-order valence-corrected chi connectivity index (χ1v) is 24.3. The highest BCUT2D eigenvalue weighted by Gasteiger charge is 2.22. The van der Waals surface area contributed by atoms with Crippen molar-refractivity contribution in [3.63, 3.8) is 0 Å². The minimum absolute atomic E-state index is 0.297. The van der Waals surface area contributed by atoms with E-state index in [1.807, 2.05) is 0 Å². The lowest BCUT2D eigenvalue weighted by Gasteiger charge is -2.22. The van der Waals surface area contributed by atoms with Crippen LogP contribution < -0.4 is 0 Å². The topological polar surface area (TPSA) is 32.7 Å². The molecule has 0 spiro atoms. The van der Waals surface area contributed by atoms with Crippen molar-refractivity contribution in [3.8, 4) is 0 Å². The van der Waals surface area contributed by atoms with Gasteiger partial charge in [0.25, 0.3) is 0 Å². The SMILES string of the molecule is CCCCCCCCC(CCCCCCCC)OC(CCCCCCCN(CCO)CCCCCCCC(CCCCCCCC)C(C)C)=C1CC1. The number of aliphatic hydroxyl groups is 1. The number of rotatable bonds is 42. The molecule has 1 fully saturated rings. The summed E-state index contributed by atoms with van der Waals surface area (Å²) in [5.74, 6) is 3.18. The lowest BCUT2D eigenvalue weighted by Crippen LogP contribution is -2.29. The molecule has 1 saturated carbocycles. The predicted molar refractivity (Wildman–Crippen MR) is 232 cm³/mol.